The third-order valence-electron chi connectivity index (χ3n) is 2.93. The van der Waals surface area contributed by atoms with Crippen molar-refractivity contribution in [2.45, 2.75) is 0 Å². The zero-order valence-corrected chi connectivity index (χ0v) is 13.4. The van der Waals surface area contributed by atoms with E-state index in [-0.39, 0.29) is 5.56 Å². The largest absolute Gasteiger partial charge is 0.337 e. The Hall–Kier alpha value is -2.84. The van der Waals surface area contributed by atoms with Gasteiger partial charge in [-0.25, -0.2) is 14.8 Å². The molecule has 3 amide bonds. The summed E-state index contributed by atoms with van der Waals surface area (Å²) < 4.78 is 4.55. The van der Waals surface area contributed by atoms with E-state index in [1.807, 2.05) is 0 Å². The molecule has 0 bridgehead atoms. The van der Waals surface area contributed by atoms with Crippen LogP contribution in [0.15, 0.2) is 41.0 Å². The minimum absolute atomic E-state index is 0.282. The smallest absolute Gasteiger partial charge is 0.306 e. The number of hydrogen-bond donors (Lipinski definition) is 3. The number of carbonyl (C=O) groups excluding carboxylic acids is 2. The van der Waals surface area contributed by atoms with Crippen LogP contribution in [0.5, 0.6) is 0 Å². The molecule has 0 aliphatic heterocycles. The zero-order chi connectivity index (χ0) is 17.1. The fraction of sp³-hybridized carbons (Fsp3) is 0. The Morgan fingerprint density at radius 1 is 0.917 bits per heavy atom. The summed E-state index contributed by atoms with van der Waals surface area (Å²) in [7, 11) is 0. The van der Waals surface area contributed by atoms with Gasteiger partial charge in [0.05, 0.1) is 0 Å². The number of anilines is 1. The second kappa shape index (κ2) is 6.73. The molecule has 122 valence electrons. The number of carbonyl (C=O) groups is 2. The number of nitrogens with zero attached hydrogens (tertiary/aromatic N) is 2. The molecule has 0 saturated heterocycles. The lowest BCUT2D eigenvalue weighted by atomic mass is 10.2. The standard InChI is InChI=1S/C14H9Cl2N5O3/c15-8-4-9(16)6-10(5-8)17-14(23)19-18-13(22)7-1-2-11-12(3-7)21-24-20-11/h1-6H,(H,18,22)(H2,17,19,23). The molecule has 24 heavy (non-hydrogen) atoms. The number of amides is 3. The second-order valence-corrected chi connectivity index (χ2v) is 5.53. The van der Waals surface area contributed by atoms with Crippen LogP contribution in [0.25, 0.3) is 11.0 Å². The van der Waals surface area contributed by atoms with Gasteiger partial charge in [0.1, 0.15) is 11.0 Å². The summed E-state index contributed by atoms with van der Waals surface area (Å²) in [5.74, 6) is -0.529. The van der Waals surface area contributed by atoms with Gasteiger partial charge in [-0.1, -0.05) is 23.2 Å². The maximum absolute atomic E-state index is 12.0. The average molecular weight is 366 g/mol. The zero-order valence-electron chi connectivity index (χ0n) is 11.8. The van der Waals surface area contributed by atoms with E-state index in [1.54, 1.807) is 6.07 Å². The van der Waals surface area contributed by atoms with E-state index < -0.39 is 11.9 Å². The first kappa shape index (κ1) is 16.0. The summed E-state index contributed by atoms with van der Waals surface area (Å²) in [5, 5.41) is 10.5. The van der Waals surface area contributed by atoms with Crippen molar-refractivity contribution in [1.29, 1.82) is 0 Å². The van der Waals surface area contributed by atoms with Gasteiger partial charge < -0.3 is 5.32 Å². The summed E-state index contributed by atoms with van der Waals surface area (Å²) >= 11 is 11.7. The van der Waals surface area contributed by atoms with Crippen LogP contribution < -0.4 is 16.2 Å². The van der Waals surface area contributed by atoms with Crippen LogP contribution in [0.2, 0.25) is 10.0 Å². The average Bonchev–Trinajstić information content (AvgIpc) is 2.99. The van der Waals surface area contributed by atoms with Crippen LogP contribution >= 0.6 is 23.2 Å². The van der Waals surface area contributed by atoms with Crippen molar-refractivity contribution in [1.82, 2.24) is 21.2 Å². The van der Waals surface area contributed by atoms with E-state index in [0.717, 1.165) is 0 Å². The molecule has 0 aliphatic carbocycles. The van der Waals surface area contributed by atoms with Crippen LogP contribution in [-0.2, 0) is 0 Å². The van der Waals surface area contributed by atoms with E-state index in [4.69, 9.17) is 23.2 Å². The Labute approximate surface area is 145 Å². The van der Waals surface area contributed by atoms with Crippen molar-refractivity contribution in [3.8, 4) is 0 Å². The summed E-state index contributed by atoms with van der Waals surface area (Å²) in [6, 6.07) is 8.49. The summed E-state index contributed by atoms with van der Waals surface area (Å²) in [5.41, 5.74) is 6.09. The number of halogens is 2. The fourth-order valence-electron chi connectivity index (χ4n) is 1.90. The molecule has 0 spiro atoms. The lowest BCUT2D eigenvalue weighted by molar-refractivity contribution is 0.0938. The number of rotatable bonds is 2. The van der Waals surface area contributed by atoms with Crippen LogP contribution in [0.3, 0.4) is 0 Å². The molecule has 10 heteroatoms. The summed E-state index contributed by atoms with van der Waals surface area (Å²) in [4.78, 5) is 23.8. The number of fused-ring (bicyclic) bond motifs is 1. The van der Waals surface area contributed by atoms with Gasteiger partial charge in [-0.05, 0) is 46.7 Å². The Morgan fingerprint density at radius 2 is 1.62 bits per heavy atom. The van der Waals surface area contributed by atoms with E-state index in [0.29, 0.717) is 26.8 Å². The maximum atomic E-state index is 12.0. The molecule has 0 atom stereocenters. The highest BCUT2D eigenvalue weighted by Crippen LogP contribution is 2.22. The molecule has 1 aromatic heterocycles. The topological polar surface area (TPSA) is 109 Å². The quantitative estimate of drug-likeness (QED) is 0.604. The van der Waals surface area contributed by atoms with Gasteiger partial charge in [-0.2, -0.15) is 0 Å². The number of hydrazine groups is 1. The van der Waals surface area contributed by atoms with Crippen LogP contribution in [0.1, 0.15) is 10.4 Å². The first-order valence-corrected chi connectivity index (χ1v) is 7.32. The molecule has 0 saturated carbocycles. The van der Waals surface area contributed by atoms with Crippen molar-refractivity contribution in [2.24, 2.45) is 0 Å². The lowest BCUT2D eigenvalue weighted by Gasteiger charge is -2.09. The predicted molar refractivity (Wildman–Crippen MR) is 87.9 cm³/mol. The molecular formula is C14H9Cl2N5O3. The fourth-order valence-corrected chi connectivity index (χ4v) is 2.42. The van der Waals surface area contributed by atoms with Crippen molar-refractivity contribution in [2.75, 3.05) is 5.32 Å². The third-order valence-corrected chi connectivity index (χ3v) is 3.36. The van der Waals surface area contributed by atoms with Crippen molar-refractivity contribution >= 4 is 51.9 Å². The number of benzene rings is 2. The maximum Gasteiger partial charge on any atom is 0.337 e. The van der Waals surface area contributed by atoms with Crippen molar-refractivity contribution in [3.63, 3.8) is 0 Å². The predicted octanol–water partition coefficient (Wildman–Crippen LogP) is 3.00. The molecule has 2 aromatic carbocycles. The van der Waals surface area contributed by atoms with Gasteiger partial charge in [-0.15, -0.1) is 0 Å². The Bertz CT molecular complexity index is 907. The highest BCUT2D eigenvalue weighted by Gasteiger charge is 2.10. The van der Waals surface area contributed by atoms with Gasteiger partial charge in [-0.3, -0.25) is 10.2 Å². The number of aromatic nitrogens is 2. The highest BCUT2D eigenvalue weighted by atomic mass is 35.5. The number of hydrogen-bond acceptors (Lipinski definition) is 5. The molecule has 3 N–H and O–H groups in total. The molecule has 8 nitrogen and oxygen atoms in total. The normalized spacial score (nSPS) is 10.4. The monoisotopic (exact) mass is 365 g/mol. The van der Waals surface area contributed by atoms with Crippen LogP contribution in [-0.4, -0.2) is 22.3 Å². The molecule has 0 aliphatic rings. The Balaban J connectivity index is 1.59. The first-order chi connectivity index (χ1) is 11.5. The van der Waals surface area contributed by atoms with Crippen LogP contribution in [0, 0.1) is 0 Å². The summed E-state index contributed by atoms with van der Waals surface area (Å²) in [6.45, 7) is 0. The first-order valence-electron chi connectivity index (χ1n) is 6.57. The lowest BCUT2D eigenvalue weighted by Crippen LogP contribution is -2.43. The van der Waals surface area contributed by atoms with E-state index >= 15 is 0 Å². The van der Waals surface area contributed by atoms with E-state index in [2.05, 4.69) is 31.1 Å². The number of nitrogens with one attached hydrogen (secondary N) is 3. The van der Waals surface area contributed by atoms with E-state index in [1.165, 1.54) is 30.3 Å². The number of urea groups is 1. The Morgan fingerprint density at radius 3 is 2.38 bits per heavy atom. The minimum atomic E-state index is -0.661. The Kier molecular flexibility index (Phi) is 4.50. The van der Waals surface area contributed by atoms with Crippen molar-refractivity contribution in [3.05, 3.63) is 52.0 Å². The van der Waals surface area contributed by atoms with Crippen molar-refractivity contribution < 1.29 is 14.2 Å². The molecule has 1 heterocycles. The van der Waals surface area contributed by atoms with Gasteiger partial charge >= 0.3 is 6.03 Å². The molecule has 0 unspecified atom stereocenters. The highest BCUT2D eigenvalue weighted by molar-refractivity contribution is 6.35. The third kappa shape index (κ3) is 3.73. The minimum Gasteiger partial charge on any atom is -0.306 e. The van der Waals surface area contributed by atoms with Crippen LogP contribution in [0.4, 0.5) is 10.5 Å². The molecule has 3 rings (SSSR count). The van der Waals surface area contributed by atoms with Gasteiger partial charge in [0.2, 0.25) is 0 Å². The van der Waals surface area contributed by atoms with Gasteiger partial charge in [0, 0.05) is 21.3 Å². The molecule has 0 radical (unpaired) electrons. The molecular weight excluding hydrogens is 357 g/mol. The van der Waals surface area contributed by atoms with Gasteiger partial charge in [0.25, 0.3) is 5.91 Å². The SMILES string of the molecule is O=C(NNC(=O)c1ccc2nonc2c1)Nc1cc(Cl)cc(Cl)c1. The molecule has 0 fully saturated rings. The summed E-state index contributed by atoms with van der Waals surface area (Å²) in [6.07, 6.45) is 0. The van der Waals surface area contributed by atoms with Gasteiger partial charge in [0.15, 0.2) is 0 Å². The van der Waals surface area contributed by atoms with E-state index in [9.17, 15) is 9.59 Å². The molecule has 3 aromatic rings. The second-order valence-electron chi connectivity index (χ2n) is 4.66.